The van der Waals surface area contributed by atoms with E-state index in [1.54, 1.807) is 56.6 Å². The highest BCUT2D eigenvalue weighted by Gasteiger charge is 2.43. The molecule has 3 heterocycles. The quantitative estimate of drug-likeness (QED) is 0.0217. The zero-order chi connectivity index (χ0) is 61.2. The Morgan fingerprint density at radius 2 is 1.42 bits per heavy atom. The van der Waals surface area contributed by atoms with E-state index in [2.05, 4.69) is 16.0 Å². The molecule has 3 aromatic carbocycles. The van der Waals surface area contributed by atoms with Gasteiger partial charge in [-0.2, -0.15) is 0 Å². The summed E-state index contributed by atoms with van der Waals surface area (Å²) < 4.78 is 7.32. The maximum Gasteiger partial charge on any atom is 0.343 e. The lowest BCUT2D eigenvalue weighted by molar-refractivity contribution is -0.385. The standard InChI is InChI=1S/C62H79ClN8O12/c1-12-13-22-44-55(74)66-46(32-42-35-70(62(8,9)54(73)33-63)47-23-18-17-21-43(42)47)59(78)67(10)49(26-36(2)3)56(75)65-45(30-40-24-25-53(48(31-40)71(81)82)83-61(80)41-19-15-14-16-20-41)52(72)29-39(7)58(77)68(11)51-28-38(6)34-69(60(51)79)50(27-37(4)5)57(76)64-44/h12-21,23-25,31,34-37,39,44-46,49-51,54,73H,22,26-30,32-33H2,1-11H3,(H,64,76)(H,65,75)(H,66,74)/b13-12+/t39-,44+,45+,46+,49+,50+,51+,54-/m1/s1. The number of ether oxygens (including phenoxy) is 1. The predicted molar refractivity (Wildman–Crippen MR) is 315 cm³/mol. The number of likely N-dealkylation sites (N-methyl/N-ethyl adjacent to an activating group) is 2. The average Bonchev–Trinajstić information content (AvgIpc) is 3.40. The van der Waals surface area contributed by atoms with Crippen LogP contribution in [0.15, 0.2) is 103 Å². The fraction of sp³-hybridized carbons (Fsp3) is 0.484. The number of para-hydroxylation sites is 1. The number of nitrogens with zero attached hydrogens (tertiary/aromatic N) is 5. The van der Waals surface area contributed by atoms with Gasteiger partial charge in [0.1, 0.15) is 30.2 Å². The Morgan fingerprint density at radius 3 is 2.06 bits per heavy atom. The van der Waals surface area contributed by atoms with E-state index in [0.29, 0.717) is 22.0 Å². The zero-order valence-electron chi connectivity index (χ0n) is 49.2. The van der Waals surface area contributed by atoms with Crippen molar-refractivity contribution in [1.29, 1.82) is 0 Å². The van der Waals surface area contributed by atoms with Gasteiger partial charge in [0, 0.05) is 62.2 Å². The van der Waals surface area contributed by atoms with Crippen molar-refractivity contribution in [2.45, 2.75) is 155 Å². The van der Waals surface area contributed by atoms with E-state index in [9.17, 15) is 39.2 Å². The molecule has 1 fully saturated rings. The maximum absolute atomic E-state index is 15.5. The number of hydrogen-bond acceptors (Lipinski definition) is 12. The third-order valence-corrected chi connectivity index (χ3v) is 15.8. The number of nitrogens with one attached hydrogen (secondary N) is 3. The van der Waals surface area contributed by atoms with Crippen molar-refractivity contribution in [2.24, 2.45) is 17.8 Å². The van der Waals surface area contributed by atoms with E-state index < -0.39 is 118 Å². The lowest BCUT2D eigenvalue weighted by atomic mass is 9.92. The summed E-state index contributed by atoms with van der Waals surface area (Å²) in [5.41, 5.74) is 0.694. The fourth-order valence-electron chi connectivity index (χ4n) is 10.7. The lowest BCUT2D eigenvalue weighted by Gasteiger charge is -2.39. The van der Waals surface area contributed by atoms with Crippen LogP contribution in [0.5, 0.6) is 5.75 Å². The van der Waals surface area contributed by atoms with Crippen LogP contribution in [0.3, 0.4) is 0 Å². The van der Waals surface area contributed by atoms with Gasteiger partial charge in [-0.1, -0.05) is 94.8 Å². The van der Waals surface area contributed by atoms with Gasteiger partial charge < -0.3 is 45.1 Å². The second-order valence-corrected chi connectivity index (χ2v) is 23.6. The Balaban J connectivity index is 1.50. The molecular weight excluding hydrogens is 1080 g/mol. The van der Waals surface area contributed by atoms with E-state index in [0.717, 1.165) is 6.07 Å². The Morgan fingerprint density at radius 1 is 0.807 bits per heavy atom. The Hall–Kier alpha value is -7.71. The number of nitro groups is 1. The number of nitro benzene ring substituents is 1. The van der Waals surface area contributed by atoms with Gasteiger partial charge in [0.15, 0.2) is 5.78 Å². The highest BCUT2D eigenvalue weighted by Crippen LogP contribution is 2.34. The van der Waals surface area contributed by atoms with Crippen LogP contribution in [0.25, 0.3) is 10.9 Å². The van der Waals surface area contributed by atoms with Crippen LogP contribution in [0.2, 0.25) is 0 Å². The molecular formula is C62H79ClN8O12. The summed E-state index contributed by atoms with van der Waals surface area (Å²) in [6, 6.07) is 11.2. The number of carbonyl (C=O) groups is 8. The average molecular weight is 1160 g/mol. The number of aliphatic hydroxyl groups is 1. The predicted octanol–water partition coefficient (Wildman–Crippen LogP) is 7.17. The third kappa shape index (κ3) is 15.5. The molecule has 446 valence electrons. The second kappa shape index (κ2) is 28.0. The number of Topliss-reactive ketones (excluding diaryl/α,β-unsaturated/α-hetero) is 1. The number of aromatic nitrogens is 1. The smallest absolute Gasteiger partial charge is 0.343 e. The molecule has 21 heteroatoms. The first-order chi connectivity index (χ1) is 39.2. The fourth-order valence-corrected chi connectivity index (χ4v) is 11.1. The number of fused-ring (bicyclic) bond motifs is 3. The van der Waals surface area contributed by atoms with Crippen molar-refractivity contribution >= 4 is 75.4 Å². The van der Waals surface area contributed by atoms with E-state index in [1.165, 1.54) is 60.0 Å². The lowest BCUT2D eigenvalue weighted by Crippen LogP contribution is -2.60. The van der Waals surface area contributed by atoms with Crippen molar-refractivity contribution in [2.75, 3.05) is 20.0 Å². The number of halogens is 1. The Labute approximate surface area is 490 Å². The van der Waals surface area contributed by atoms with Crippen LogP contribution in [-0.4, -0.2) is 139 Å². The van der Waals surface area contributed by atoms with Crippen molar-refractivity contribution in [3.8, 4) is 5.75 Å². The SMILES string of the molecule is C/C=C/C[C@@H]1NC(=O)[C@H](CC(C)C)N2C=C(C)C[C@@H](C2=O)N(C)C(=O)[C@H](C)CC(=O)[C@H](Cc2ccc(OC(=O)c3ccccc3)c([N+](=O)[O-])c2)NC(=O)[C@H](CC(C)C)N(C)C(=O)[C@H](Cc2cn(C(C)(C)[C@H](O)CCl)c3ccccc23)NC1=O. The monoisotopic (exact) mass is 1160 g/mol. The van der Waals surface area contributed by atoms with E-state index >= 15 is 14.4 Å². The Kier molecular flexibility index (Phi) is 21.8. The van der Waals surface area contributed by atoms with Crippen molar-refractivity contribution < 1.29 is 53.1 Å². The number of alkyl halides is 1. The third-order valence-electron chi connectivity index (χ3n) is 15.5. The van der Waals surface area contributed by atoms with Crippen LogP contribution >= 0.6 is 11.6 Å². The highest BCUT2D eigenvalue weighted by atomic mass is 35.5. The summed E-state index contributed by atoms with van der Waals surface area (Å²) in [6.45, 7) is 16.1. The first kappa shape index (κ1) is 64.5. The molecule has 20 nitrogen and oxygen atoms in total. The number of allylic oxidation sites excluding steroid dienone is 1. The van der Waals surface area contributed by atoms with Gasteiger partial charge in [-0.15, -0.1) is 11.6 Å². The summed E-state index contributed by atoms with van der Waals surface area (Å²) in [5.74, 6) is -7.53. The van der Waals surface area contributed by atoms with Gasteiger partial charge in [0.2, 0.25) is 41.2 Å². The summed E-state index contributed by atoms with van der Waals surface area (Å²) in [5, 5.41) is 33.1. The molecule has 0 aliphatic carbocycles. The van der Waals surface area contributed by atoms with Gasteiger partial charge in [-0.25, -0.2) is 4.79 Å². The van der Waals surface area contributed by atoms with Crippen LogP contribution in [0.1, 0.15) is 116 Å². The van der Waals surface area contributed by atoms with Gasteiger partial charge in [-0.05, 0) is 107 Å². The molecule has 0 spiro atoms. The number of amides is 6. The number of esters is 1. The van der Waals surface area contributed by atoms with Crippen molar-refractivity contribution in [3.63, 3.8) is 0 Å². The van der Waals surface area contributed by atoms with Crippen LogP contribution in [-0.2, 0) is 51.9 Å². The minimum Gasteiger partial charge on any atom is -0.416 e. The molecule has 6 amide bonds. The number of rotatable bonds is 16. The van der Waals surface area contributed by atoms with E-state index in [4.69, 9.17) is 16.3 Å². The van der Waals surface area contributed by atoms with E-state index in [1.807, 2.05) is 70.4 Å². The molecule has 4 aromatic rings. The highest BCUT2D eigenvalue weighted by molar-refractivity contribution is 6.18. The molecule has 8 atom stereocenters. The maximum atomic E-state index is 15.5. The Bertz CT molecular complexity index is 3140. The molecule has 2 aliphatic rings. The number of benzene rings is 3. The molecule has 2 bridgehead atoms. The molecule has 6 rings (SSSR count). The normalized spacial score (nSPS) is 22.6. The molecule has 4 N–H and O–H groups in total. The number of ketones is 1. The van der Waals surface area contributed by atoms with Gasteiger partial charge >= 0.3 is 11.7 Å². The minimum absolute atomic E-state index is 0.0257. The topological polar surface area (TPSA) is 260 Å². The molecule has 2 aliphatic heterocycles. The summed E-state index contributed by atoms with van der Waals surface area (Å²) >= 11 is 6.22. The molecule has 83 heavy (non-hydrogen) atoms. The molecule has 1 aromatic heterocycles. The zero-order valence-corrected chi connectivity index (χ0v) is 50.0. The second-order valence-electron chi connectivity index (χ2n) is 23.3. The van der Waals surface area contributed by atoms with Crippen molar-refractivity contribution in [3.05, 3.63) is 130 Å². The molecule has 1 saturated heterocycles. The summed E-state index contributed by atoms with van der Waals surface area (Å²) in [6.07, 6.45) is 5.04. The number of aliphatic hydroxyl groups excluding tert-OH is 1. The first-order valence-corrected chi connectivity index (χ1v) is 28.7. The van der Waals surface area contributed by atoms with Gasteiger partial charge in [0.05, 0.1) is 34.1 Å². The molecule has 0 saturated carbocycles. The van der Waals surface area contributed by atoms with Gasteiger partial charge in [-0.3, -0.25) is 43.7 Å². The first-order valence-electron chi connectivity index (χ1n) is 28.1. The van der Waals surface area contributed by atoms with E-state index in [-0.39, 0.29) is 73.1 Å². The summed E-state index contributed by atoms with van der Waals surface area (Å²) in [7, 11) is 2.85. The van der Waals surface area contributed by atoms with Crippen molar-refractivity contribution in [1.82, 2.24) is 35.2 Å². The molecule has 0 unspecified atom stereocenters. The molecule has 0 radical (unpaired) electrons. The number of carbonyl (C=O) groups excluding carboxylic acids is 8. The van der Waals surface area contributed by atoms with Crippen LogP contribution in [0.4, 0.5) is 5.69 Å². The summed E-state index contributed by atoms with van der Waals surface area (Å²) in [4.78, 5) is 133. The largest absolute Gasteiger partial charge is 0.416 e. The van der Waals surface area contributed by atoms with Crippen LogP contribution in [0, 0.1) is 27.9 Å². The van der Waals surface area contributed by atoms with Crippen LogP contribution < -0.4 is 20.7 Å². The number of hydrogen-bond donors (Lipinski definition) is 4. The minimum atomic E-state index is -1.47. The van der Waals surface area contributed by atoms with Gasteiger partial charge in [0.25, 0.3) is 0 Å².